The van der Waals surface area contributed by atoms with E-state index < -0.39 is 0 Å². The molecular formula is C14H20N2O. The van der Waals surface area contributed by atoms with Gasteiger partial charge in [-0.2, -0.15) is 0 Å². The van der Waals surface area contributed by atoms with Gasteiger partial charge in [-0.25, -0.2) is 0 Å². The van der Waals surface area contributed by atoms with Gasteiger partial charge < -0.3 is 9.93 Å². The summed E-state index contributed by atoms with van der Waals surface area (Å²) < 4.78 is 5.49. The van der Waals surface area contributed by atoms with Gasteiger partial charge in [0.05, 0.1) is 6.20 Å². The lowest BCUT2D eigenvalue weighted by Crippen LogP contribution is -2.49. The molecule has 3 rings (SSSR count). The Bertz CT molecular complexity index is 474. The summed E-state index contributed by atoms with van der Waals surface area (Å²) in [6.07, 6.45) is 5.89. The SMILES string of the molecule is CC1(C)c2oncc2C[C@]2(C)CC(=N)CC[C@@H]12. The molecule has 1 aromatic rings. The maximum Gasteiger partial charge on any atom is 0.145 e. The van der Waals surface area contributed by atoms with Crippen molar-refractivity contribution in [1.29, 1.82) is 5.41 Å². The van der Waals surface area contributed by atoms with E-state index in [-0.39, 0.29) is 10.8 Å². The first-order valence-corrected chi connectivity index (χ1v) is 6.44. The first-order valence-electron chi connectivity index (χ1n) is 6.44. The Morgan fingerprint density at radius 1 is 1.35 bits per heavy atom. The smallest absolute Gasteiger partial charge is 0.145 e. The predicted molar refractivity (Wildman–Crippen MR) is 66.4 cm³/mol. The van der Waals surface area contributed by atoms with Crippen molar-refractivity contribution in [3.63, 3.8) is 0 Å². The van der Waals surface area contributed by atoms with Crippen molar-refractivity contribution in [3.05, 3.63) is 17.5 Å². The van der Waals surface area contributed by atoms with Gasteiger partial charge in [-0.05, 0) is 37.0 Å². The zero-order valence-corrected chi connectivity index (χ0v) is 10.8. The Hall–Kier alpha value is -1.12. The highest BCUT2D eigenvalue weighted by molar-refractivity contribution is 5.83. The van der Waals surface area contributed by atoms with E-state index in [1.165, 1.54) is 5.56 Å². The van der Waals surface area contributed by atoms with Crippen LogP contribution in [0.1, 0.15) is 51.4 Å². The van der Waals surface area contributed by atoms with Gasteiger partial charge in [-0.15, -0.1) is 0 Å². The molecule has 1 heterocycles. The molecule has 0 spiro atoms. The number of aromatic nitrogens is 1. The molecule has 0 unspecified atom stereocenters. The minimum atomic E-state index is 0.0551. The molecule has 0 bridgehead atoms. The number of rotatable bonds is 0. The number of hydrogen-bond donors (Lipinski definition) is 1. The van der Waals surface area contributed by atoms with E-state index in [2.05, 4.69) is 25.9 Å². The first-order chi connectivity index (χ1) is 7.93. The molecule has 3 heteroatoms. The lowest BCUT2D eigenvalue weighted by atomic mass is 9.51. The molecule has 0 saturated heterocycles. The van der Waals surface area contributed by atoms with Gasteiger partial charge in [0.25, 0.3) is 0 Å². The Labute approximate surface area is 102 Å². The summed E-state index contributed by atoms with van der Waals surface area (Å²) in [6.45, 7) is 6.88. The van der Waals surface area contributed by atoms with Crippen LogP contribution in [0.2, 0.25) is 0 Å². The van der Waals surface area contributed by atoms with Crippen LogP contribution < -0.4 is 0 Å². The number of hydrogen-bond acceptors (Lipinski definition) is 3. The second-order valence-electron chi connectivity index (χ2n) is 6.60. The Kier molecular flexibility index (Phi) is 2.08. The zero-order valence-electron chi connectivity index (χ0n) is 10.8. The lowest BCUT2D eigenvalue weighted by Gasteiger charge is -2.52. The third-order valence-electron chi connectivity index (χ3n) is 4.89. The Balaban J connectivity index is 2.11. The molecule has 3 nitrogen and oxygen atoms in total. The van der Waals surface area contributed by atoms with Gasteiger partial charge in [-0.3, -0.25) is 0 Å². The molecule has 2 aliphatic carbocycles. The molecule has 2 aliphatic rings. The fourth-order valence-corrected chi connectivity index (χ4v) is 4.29. The van der Waals surface area contributed by atoms with Crippen molar-refractivity contribution >= 4 is 5.71 Å². The van der Waals surface area contributed by atoms with Gasteiger partial charge in [0.1, 0.15) is 5.76 Å². The number of nitrogens with one attached hydrogen (secondary N) is 1. The maximum absolute atomic E-state index is 7.97. The molecule has 2 atom stereocenters. The Morgan fingerprint density at radius 2 is 2.12 bits per heavy atom. The lowest BCUT2D eigenvalue weighted by molar-refractivity contribution is 0.0592. The fourth-order valence-electron chi connectivity index (χ4n) is 4.29. The van der Waals surface area contributed by atoms with E-state index in [1.807, 2.05) is 6.20 Å². The van der Waals surface area contributed by atoms with Crippen molar-refractivity contribution < 1.29 is 4.52 Å². The van der Waals surface area contributed by atoms with Gasteiger partial charge in [0, 0.05) is 16.7 Å². The molecule has 92 valence electrons. The fraction of sp³-hybridized carbons (Fsp3) is 0.714. The van der Waals surface area contributed by atoms with Crippen LogP contribution in [0.3, 0.4) is 0 Å². The van der Waals surface area contributed by atoms with Crippen molar-refractivity contribution in [2.75, 3.05) is 0 Å². The monoisotopic (exact) mass is 232 g/mol. The van der Waals surface area contributed by atoms with Crippen LogP contribution in [0.4, 0.5) is 0 Å². The minimum absolute atomic E-state index is 0.0551. The average molecular weight is 232 g/mol. The van der Waals surface area contributed by atoms with E-state index >= 15 is 0 Å². The van der Waals surface area contributed by atoms with Crippen molar-refractivity contribution in [3.8, 4) is 0 Å². The summed E-state index contributed by atoms with van der Waals surface area (Å²) in [5.41, 5.74) is 2.44. The molecule has 1 N–H and O–H groups in total. The highest BCUT2D eigenvalue weighted by Gasteiger charge is 2.52. The van der Waals surface area contributed by atoms with Crippen molar-refractivity contribution in [1.82, 2.24) is 5.16 Å². The summed E-state index contributed by atoms with van der Waals surface area (Å²) in [6, 6.07) is 0. The molecule has 0 amide bonds. The van der Waals surface area contributed by atoms with E-state index in [1.54, 1.807) is 0 Å². The molecule has 17 heavy (non-hydrogen) atoms. The molecular weight excluding hydrogens is 212 g/mol. The molecule has 1 aromatic heterocycles. The standard InChI is InChI=1S/C14H20N2O/c1-13(2)11-5-4-10(15)7-14(11,3)6-9-8-16-17-12(9)13/h8,11,15H,4-7H2,1-3H3/t11-,14+/m0/s1. The van der Waals surface area contributed by atoms with Crippen LogP contribution in [0.5, 0.6) is 0 Å². The van der Waals surface area contributed by atoms with Crippen molar-refractivity contribution in [2.24, 2.45) is 11.3 Å². The minimum Gasteiger partial charge on any atom is -0.361 e. The molecule has 0 aromatic carbocycles. The molecule has 0 aliphatic heterocycles. The summed E-state index contributed by atoms with van der Waals surface area (Å²) in [5.74, 6) is 1.68. The third kappa shape index (κ3) is 1.41. The van der Waals surface area contributed by atoms with Crippen LogP contribution in [-0.2, 0) is 11.8 Å². The second kappa shape index (κ2) is 3.21. The quantitative estimate of drug-likeness (QED) is 0.745. The summed E-state index contributed by atoms with van der Waals surface area (Å²) in [5, 5.41) is 12.0. The van der Waals surface area contributed by atoms with Crippen molar-refractivity contribution in [2.45, 2.75) is 51.9 Å². The van der Waals surface area contributed by atoms with Crippen LogP contribution >= 0.6 is 0 Å². The average Bonchev–Trinajstić information content (AvgIpc) is 2.64. The van der Waals surface area contributed by atoms with E-state index in [4.69, 9.17) is 9.93 Å². The molecule has 1 fully saturated rings. The van der Waals surface area contributed by atoms with E-state index in [0.29, 0.717) is 5.92 Å². The summed E-state index contributed by atoms with van der Waals surface area (Å²) in [4.78, 5) is 0. The van der Waals surface area contributed by atoms with Crippen LogP contribution in [0, 0.1) is 16.7 Å². The topological polar surface area (TPSA) is 49.9 Å². The molecule has 0 radical (unpaired) electrons. The summed E-state index contributed by atoms with van der Waals surface area (Å²) >= 11 is 0. The largest absolute Gasteiger partial charge is 0.361 e. The highest BCUT2D eigenvalue weighted by Crippen LogP contribution is 2.55. The van der Waals surface area contributed by atoms with Gasteiger partial charge in [-0.1, -0.05) is 25.9 Å². The van der Waals surface area contributed by atoms with Crippen LogP contribution in [0.25, 0.3) is 0 Å². The van der Waals surface area contributed by atoms with Gasteiger partial charge >= 0.3 is 0 Å². The second-order valence-corrected chi connectivity index (χ2v) is 6.60. The normalized spacial score (nSPS) is 35.2. The maximum atomic E-state index is 7.97. The zero-order chi connectivity index (χ0) is 12.3. The Morgan fingerprint density at radius 3 is 2.88 bits per heavy atom. The van der Waals surface area contributed by atoms with Gasteiger partial charge in [0.2, 0.25) is 0 Å². The van der Waals surface area contributed by atoms with E-state index in [0.717, 1.165) is 37.2 Å². The highest BCUT2D eigenvalue weighted by atomic mass is 16.5. The van der Waals surface area contributed by atoms with E-state index in [9.17, 15) is 0 Å². The van der Waals surface area contributed by atoms with Gasteiger partial charge in [0.15, 0.2) is 0 Å². The first kappa shape index (κ1) is 11.0. The van der Waals surface area contributed by atoms with Crippen LogP contribution in [-0.4, -0.2) is 10.9 Å². The van der Waals surface area contributed by atoms with Crippen LogP contribution in [0.15, 0.2) is 10.7 Å². The summed E-state index contributed by atoms with van der Waals surface area (Å²) in [7, 11) is 0. The predicted octanol–water partition coefficient (Wildman–Crippen LogP) is 3.33. The number of fused-ring (bicyclic) bond motifs is 2. The molecule has 1 saturated carbocycles. The number of nitrogens with zero attached hydrogens (tertiary/aromatic N) is 1. The third-order valence-corrected chi connectivity index (χ3v) is 4.89.